The molecule has 2 saturated heterocycles. The number of hydrogen-bond acceptors (Lipinski definition) is 5. The van der Waals surface area contributed by atoms with Crippen LogP contribution in [0.15, 0.2) is 65.1 Å². The first-order valence-electron chi connectivity index (χ1n) is 10.6. The molecule has 2 aliphatic rings. The van der Waals surface area contributed by atoms with Crippen LogP contribution in [0.5, 0.6) is 0 Å². The van der Waals surface area contributed by atoms with E-state index in [1.165, 1.54) is 24.2 Å². The fourth-order valence-electron chi connectivity index (χ4n) is 4.18. The zero-order chi connectivity index (χ0) is 19.5. The van der Waals surface area contributed by atoms with Crippen molar-refractivity contribution in [1.82, 2.24) is 10.6 Å². The number of furan rings is 1. The molecule has 0 aliphatic carbocycles. The summed E-state index contributed by atoms with van der Waals surface area (Å²) in [5, 5.41) is 6.89. The molecular formula is C24H28N4O. The van der Waals surface area contributed by atoms with Gasteiger partial charge in [-0.25, -0.2) is 0 Å². The predicted octanol–water partition coefficient (Wildman–Crippen LogP) is 4.13. The molecule has 5 nitrogen and oxygen atoms in total. The van der Waals surface area contributed by atoms with E-state index in [4.69, 9.17) is 4.42 Å². The van der Waals surface area contributed by atoms with E-state index in [0.717, 1.165) is 62.2 Å². The van der Waals surface area contributed by atoms with Crippen molar-refractivity contribution in [2.45, 2.75) is 12.8 Å². The van der Waals surface area contributed by atoms with Gasteiger partial charge in [-0.3, -0.25) is 10.6 Å². The van der Waals surface area contributed by atoms with Crippen LogP contribution in [0.1, 0.15) is 12.8 Å². The summed E-state index contributed by atoms with van der Waals surface area (Å²) in [6.07, 6.45) is 2.36. The van der Waals surface area contributed by atoms with Gasteiger partial charge >= 0.3 is 0 Å². The Labute approximate surface area is 172 Å². The van der Waals surface area contributed by atoms with Gasteiger partial charge in [-0.05, 0) is 62.3 Å². The Morgan fingerprint density at radius 1 is 0.655 bits per heavy atom. The van der Waals surface area contributed by atoms with Crippen molar-refractivity contribution in [2.75, 3.05) is 49.3 Å². The van der Waals surface area contributed by atoms with E-state index in [1.807, 2.05) is 0 Å². The third kappa shape index (κ3) is 4.02. The lowest BCUT2D eigenvalue weighted by Gasteiger charge is -2.29. The Bertz CT molecular complexity index is 879. The lowest BCUT2D eigenvalue weighted by atomic mass is 10.1. The SMILES string of the molecule is c1cc(-c2ccc(-c3cccc(N4CCCNC4)c3)o2)cc(N2CCCNC2)c1. The van der Waals surface area contributed by atoms with Gasteiger partial charge < -0.3 is 14.2 Å². The summed E-state index contributed by atoms with van der Waals surface area (Å²) in [6.45, 7) is 6.21. The van der Waals surface area contributed by atoms with E-state index in [0.29, 0.717) is 0 Å². The van der Waals surface area contributed by atoms with Crippen molar-refractivity contribution in [2.24, 2.45) is 0 Å². The number of benzene rings is 2. The molecule has 29 heavy (non-hydrogen) atoms. The van der Waals surface area contributed by atoms with Gasteiger partial charge in [-0.1, -0.05) is 24.3 Å². The van der Waals surface area contributed by atoms with Crippen LogP contribution in [0.25, 0.3) is 22.6 Å². The highest BCUT2D eigenvalue weighted by Crippen LogP contribution is 2.32. The normalized spacial score (nSPS) is 17.5. The summed E-state index contributed by atoms with van der Waals surface area (Å²) in [4.78, 5) is 4.76. The molecule has 0 spiro atoms. The van der Waals surface area contributed by atoms with Crippen molar-refractivity contribution < 1.29 is 4.42 Å². The molecule has 3 heterocycles. The maximum atomic E-state index is 6.27. The molecule has 1 aromatic heterocycles. The second-order valence-electron chi connectivity index (χ2n) is 7.81. The molecule has 0 radical (unpaired) electrons. The molecule has 5 rings (SSSR count). The first-order valence-corrected chi connectivity index (χ1v) is 10.6. The van der Waals surface area contributed by atoms with Crippen LogP contribution in [0.4, 0.5) is 11.4 Å². The monoisotopic (exact) mass is 388 g/mol. The largest absolute Gasteiger partial charge is 0.456 e. The van der Waals surface area contributed by atoms with E-state index in [1.54, 1.807) is 0 Å². The number of hydrogen-bond donors (Lipinski definition) is 2. The second kappa shape index (κ2) is 8.31. The average Bonchev–Trinajstić information content (AvgIpc) is 3.31. The number of rotatable bonds is 4. The first kappa shape index (κ1) is 18.3. The number of anilines is 2. The van der Waals surface area contributed by atoms with Crippen LogP contribution in [-0.4, -0.2) is 39.5 Å². The zero-order valence-electron chi connectivity index (χ0n) is 16.7. The van der Waals surface area contributed by atoms with Gasteiger partial charge in [0.05, 0.1) is 13.3 Å². The molecule has 2 aromatic carbocycles. The van der Waals surface area contributed by atoms with Crippen molar-refractivity contribution >= 4 is 11.4 Å². The molecule has 0 saturated carbocycles. The topological polar surface area (TPSA) is 43.7 Å². The third-order valence-electron chi connectivity index (χ3n) is 5.77. The minimum absolute atomic E-state index is 0.908. The van der Waals surface area contributed by atoms with Crippen molar-refractivity contribution in [3.63, 3.8) is 0 Å². The molecule has 0 atom stereocenters. The van der Waals surface area contributed by atoms with Crippen molar-refractivity contribution in [3.8, 4) is 22.6 Å². The highest BCUT2D eigenvalue weighted by atomic mass is 16.3. The van der Waals surface area contributed by atoms with Crippen LogP contribution in [0.2, 0.25) is 0 Å². The zero-order valence-corrected chi connectivity index (χ0v) is 16.7. The molecule has 0 unspecified atom stereocenters. The molecule has 2 N–H and O–H groups in total. The van der Waals surface area contributed by atoms with Gasteiger partial charge in [-0.2, -0.15) is 0 Å². The highest BCUT2D eigenvalue weighted by molar-refractivity contribution is 5.70. The minimum atomic E-state index is 0.908. The van der Waals surface area contributed by atoms with Crippen LogP contribution in [0.3, 0.4) is 0 Å². The molecule has 2 fully saturated rings. The molecular weight excluding hydrogens is 360 g/mol. The van der Waals surface area contributed by atoms with Gasteiger partial charge in [0.15, 0.2) is 0 Å². The van der Waals surface area contributed by atoms with E-state index >= 15 is 0 Å². The van der Waals surface area contributed by atoms with Gasteiger partial charge in [0, 0.05) is 35.6 Å². The number of nitrogens with one attached hydrogen (secondary N) is 2. The summed E-state index contributed by atoms with van der Waals surface area (Å²) >= 11 is 0. The van der Waals surface area contributed by atoms with Gasteiger partial charge in [0.25, 0.3) is 0 Å². The summed E-state index contributed by atoms with van der Waals surface area (Å²) in [5.74, 6) is 1.83. The molecule has 3 aromatic rings. The Morgan fingerprint density at radius 3 is 1.62 bits per heavy atom. The molecule has 150 valence electrons. The fraction of sp³-hybridized carbons (Fsp3) is 0.333. The summed E-state index contributed by atoms with van der Waals surface area (Å²) in [5.41, 5.74) is 4.73. The molecule has 0 amide bonds. The smallest absolute Gasteiger partial charge is 0.134 e. The van der Waals surface area contributed by atoms with Crippen molar-refractivity contribution in [1.29, 1.82) is 0 Å². The Balaban J connectivity index is 1.38. The maximum Gasteiger partial charge on any atom is 0.134 e. The highest BCUT2D eigenvalue weighted by Gasteiger charge is 2.14. The summed E-state index contributed by atoms with van der Waals surface area (Å²) in [6, 6.07) is 21.5. The van der Waals surface area contributed by atoms with Crippen LogP contribution < -0.4 is 20.4 Å². The predicted molar refractivity (Wildman–Crippen MR) is 119 cm³/mol. The van der Waals surface area contributed by atoms with E-state index < -0.39 is 0 Å². The Hall–Kier alpha value is -2.76. The standard InChI is InChI=1S/C24H28N4O/c1-5-19(15-21(7-1)27-13-3-11-25-17-27)23-9-10-24(29-23)20-6-2-8-22(16-20)28-14-4-12-26-18-28/h1-2,5-10,15-16,25-26H,3-4,11-14,17-18H2. The first-order chi connectivity index (χ1) is 14.4. The Morgan fingerprint density at radius 2 is 1.17 bits per heavy atom. The molecule has 0 bridgehead atoms. The van der Waals surface area contributed by atoms with Crippen molar-refractivity contribution in [3.05, 3.63) is 60.7 Å². The van der Waals surface area contributed by atoms with E-state index in [-0.39, 0.29) is 0 Å². The number of nitrogens with zero attached hydrogens (tertiary/aromatic N) is 2. The maximum absolute atomic E-state index is 6.27. The van der Waals surface area contributed by atoms with E-state index in [2.05, 4.69) is 81.1 Å². The third-order valence-corrected chi connectivity index (χ3v) is 5.77. The van der Waals surface area contributed by atoms with Crippen LogP contribution >= 0.6 is 0 Å². The second-order valence-corrected chi connectivity index (χ2v) is 7.81. The van der Waals surface area contributed by atoms with Gasteiger partial charge in [-0.15, -0.1) is 0 Å². The average molecular weight is 389 g/mol. The van der Waals surface area contributed by atoms with E-state index in [9.17, 15) is 0 Å². The van der Waals surface area contributed by atoms with Crippen LogP contribution in [-0.2, 0) is 0 Å². The summed E-state index contributed by atoms with van der Waals surface area (Å²) < 4.78 is 6.27. The van der Waals surface area contributed by atoms with Gasteiger partial charge in [0.1, 0.15) is 11.5 Å². The quantitative estimate of drug-likeness (QED) is 0.704. The van der Waals surface area contributed by atoms with Crippen LogP contribution in [0, 0.1) is 0 Å². The minimum Gasteiger partial charge on any atom is -0.456 e. The lowest BCUT2D eigenvalue weighted by molar-refractivity contribution is 0.552. The lowest BCUT2D eigenvalue weighted by Crippen LogP contribution is -2.41. The Kier molecular flexibility index (Phi) is 5.24. The fourth-order valence-corrected chi connectivity index (χ4v) is 4.18. The molecule has 2 aliphatic heterocycles. The summed E-state index contributed by atoms with van der Waals surface area (Å²) in [7, 11) is 0. The molecule has 5 heteroatoms. The van der Waals surface area contributed by atoms with Gasteiger partial charge in [0.2, 0.25) is 0 Å².